The highest BCUT2D eigenvalue weighted by Gasteiger charge is 2.23. The van der Waals surface area contributed by atoms with Crippen molar-refractivity contribution in [3.05, 3.63) is 69.2 Å². The van der Waals surface area contributed by atoms with Crippen molar-refractivity contribution < 1.29 is 0 Å². The summed E-state index contributed by atoms with van der Waals surface area (Å²) in [5.74, 6) is 1.34. The molecule has 2 aromatic carbocycles. The topological polar surface area (TPSA) is 47.5 Å². The molecule has 5 rings (SSSR count). The predicted octanol–water partition coefficient (Wildman–Crippen LogP) is 3.78. The molecule has 0 saturated heterocycles. The van der Waals surface area contributed by atoms with Crippen LogP contribution in [0.2, 0.25) is 0 Å². The van der Waals surface area contributed by atoms with Crippen molar-refractivity contribution in [3.8, 4) is 5.69 Å². The maximum atomic E-state index is 13.4. The van der Waals surface area contributed by atoms with Crippen molar-refractivity contribution in [2.45, 2.75) is 26.4 Å². The van der Waals surface area contributed by atoms with E-state index in [1.54, 1.807) is 4.57 Å². The van der Waals surface area contributed by atoms with Crippen molar-refractivity contribution in [2.24, 2.45) is 5.92 Å². The van der Waals surface area contributed by atoms with Crippen LogP contribution in [0.4, 0.5) is 0 Å². The van der Waals surface area contributed by atoms with Gasteiger partial charge in [0.25, 0.3) is 5.56 Å². The van der Waals surface area contributed by atoms with Crippen molar-refractivity contribution in [1.82, 2.24) is 23.6 Å². The third kappa shape index (κ3) is 3.10. The Bertz CT molecular complexity index is 1350. The minimum Gasteiger partial charge on any atom is -0.287 e. The van der Waals surface area contributed by atoms with Crippen LogP contribution in [0.15, 0.2) is 53.3 Å². The van der Waals surface area contributed by atoms with Crippen molar-refractivity contribution in [3.63, 3.8) is 0 Å². The first-order valence-corrected chi connectivity index (χ1v) is 10.3. The van der Waals surface area contributed by atoms with E-state index in [-0.39, 0.29) is 5.56 Å². The average molecular weight is 406 g/mol. The molecule has 0 N–H and O–H groups in total. The third-order valence-electron chi connectivity index (χ3n) is 5.60. The molecule has 1 saturated carbocycles. The second-order valence-corrected chi connectivity index (χ2v) is 8.35. The zero-order valence-electron chi connectivity index (χ0n) is 16.6. The van der Waals surface area contributed by atoms with Crippen molar-refractivity contribution in [2.75, 3.05) is 13.6 Å². The number of aromatic nitrogens is 4. The summed E-state index contributed by atoms with van der Waals surface area (Å²) in [7, 11) is 2.09. The maximum absolute atomic E-state index is 13.4. The standard InChI is InChI=1S/C22H23N5OS/c1-15-7-3-5-9-18(15)26-20(28)17-8-4-6-10-19(17)27-21(26)23-25(22(27)29)14-24(2)13-16-11-12-16/h3-10,16H,11-14H2,1-2H3. The molecule has 0 radical (unpaired) electrons. The van der Waals surface area contributed by atoms with Gasteiger partial charge >= 0.3 is 0 Å². The molecule has 4 aromatic rings. The normalized spacial score (nSPS) is 14.3. The fourth-order valence-electron chi connectivity index (χ4n) is 3.96. The molecule has 1 fully saturated rings. The van der Waals surface area contributed by atoms with Gasteiger partial charge in [-0.15, -0.1) is 5.10 Å². The number of rotatable bonds is 5. The van der Waals surface area contributed by atoms with Gasteiger partial charge < -0.3 is 0 Å². The molecule has 2 aromatic heterocycles. The molecule has 1 aliphatic carbocycles. The highest BCUT2D eigenvalue weighted by atomic mass is 32.1. The number of nitrogens with zero attached hydrogens (tertiary/aromatic N) is 5. The highest BCUT2D eigenvalue weighted by Crippen LogP contribution is 2.29. The fraction of sp³-hybridized carbons (Fsp3) is 0.318. The largest absolute Gasteiger partial charge is 0.287 e. The van der Waals surface area contributed by atoms with Gasteiger partial charge in [0.1, 0.15) is 0 Å². The van der Waals surface area contributed by atoms with Crippen molar-refractivity contribution in [1.29, 1.82) is 0 Å². The zero-order valence-corrected chi connectivity index (χ0v) is 17.4. The van der Waals surface area contributed by atoms with Crippen LogP contribution in [-0.4, -0.2) is 37.2 Å². The van der Waals surface area contributed by atoms with E-state index < -0.39 is 0 Å². The molecule has 0 unspecified atom stereocenters. The lowest BCUT2D eigenvalue weighted by atomic mass is 10.2. The smallest absolute Gasteiger partial charge is 0.267 e. The van der Waals surface area contributed by atoms with Gasteiger partial charge in [0.2, 0.25) is 10.5 Å². The van der Waals surface area contributed by atoms with E-state index in [2.05, 4.69) is 11.9 Å². The summed E-state index contributed by atoms with van der Waals surface area (Å²) in [6.45, 7) is 3.65. The first-order chi connectivity index (χ1) is 14.0. The van der Waals surface area contributed by atoms with E-state index in [0.717, 1.165) is 29.2 Å². The Kier molecular flexibility index (Phi) is 4.37. The second-order valence-electron chi connectivity index (χ2n) is 7.99. The lowest BCUT2D eigenvalue weighted by Crippen LogP contribution is -2.25. The van der Waals surface area contributed by atoms with Crippen LogP contribution in [0.3, 0.4) is 0 Å². The van der Waals surface area contributed by atoms with Gasteiger partial charge in [-0.2, -0.15) is 0 Å². The van der Waals surface area contributed by atoms with Gasteiger partial charge in [0.15, 0.2) is 0 Å². The molecule has 0 spiro atoms. The summed E-state index contributed by atoms with van der Waals surface area (Å²) in [5, 5.41) is 5.43. The summed E-state index contributed by atoms with van der Waals surface area (Å²) in [6, 6.07) is 15.5. The van der Waals surface area contributed by atoms with Crippen LogP contribution in [0.5, 0.6) is 0 Å². The Hall–Kier alpha value is -2.77. The van der Waals surface area contributed by atoms with Crippen LogP contribution in [0, 0.1) is 17.6 Å². The SMILES string of the molecule is Cc1ccccc1-n1c(=O)c2ccccc2n2c(=S)n(CN(C)CC3CC3)nc12. The van der Waals surface area contributed by atoms with Crippen LogP contribution < -0.4 is 5.56 Å². The Morgan fingerprint density at radius 2 is 1.86 bits per heavy atom. The van der Waals surface area contributed by atoms with E-state index in [4.69, 9.17) is 17.3 Å². The van der Waals surface area contributed by atoms with Gasteiger partial charge in [-0.1, -0.05) is 30.3 Å². The fourth-order valence-corrected chi connectivity index (χ4v) is 4.24. The molecule has 2 heterocycles. The van der Waals surface area contributed by atoms with Gasteiger partial charge in [-0.25, -0.2) is 9.25 Å². The molecule has 1 aliphatic rings. The second kappa shape index (κ2) is 6.93. The molecule has 0 bridgehead atoms. The summed E-state index contributed by atoms with van der Waals surface area (Å²) >= 11 is 5.81. The molecule has 7 heteroatoms. The number of fused-ring (bicyclic) bond motifs is 3. The molecule has 6 nitrogen and oxygen atoms in total. The first-order valence-electron chi connectivity index (χ1n) is 9.92. The summed E-state index contributed by atoms with van der Waals surface area (Å²) in [4.78, 5) is 15.7. The minimum absolute atomic E-state index is 0.0825. The lowest BCUT2D eigenvalue weighted by molar-refractivity contribution is 0.243. The number of aryl methyl sites for hydroxylation is 1. The van der Waals surface area contributed by atoms with Gasteiger partial charge in [0, 0.05) is 6.54 Å². The Morgan fingerprint density at radius 3 is 2.62 bits per heavy atom. The van der Waals surface area contributed by atoms with E-state index in [1.165, 1.54) is 12.8 Å². The van der Waals surface area contributed by atoms with E-state index in [1.807, 2.05) is 64.5 Å². The quantitative estimate of drug-likeness (QED) is 0.474. The minimum atomic E-state index is -0.0825. The Labute approximate surface area is 173 Å². The Balaban J connectivity index is 1.80. The molecular formula is C22H23N5OS. The summed E-state index contributed by atoms with van der Waals surface area (Å²) in [6.07, 6.45) is 2.61. The third-order valence-corrected chi connectivity index (χ3v) is 5.99. The van der Waals surface area contributed by atoms with Crippen LogP contribution in [0.25, 0.3) is 22.4 Å². The zero-order chi connectivity index (χ0) is 20.1. The molecule has 29 heavy (non-hydrogen) atoms. The number of hydrogen-bond donors (Lipinski definition) is 0. The van der Waals surface area contributed by atoms with Gasteiger partial charge in [-0.05, 0) is 68.7 Å². The number of para-hydroxylation sites is 2. The molecule has 148 valence electrons. The average Bonchev–Trinajstić information content (AvgIpc) is 3.46. The lowest BCUT2D eigenvalue weighted by Gasteiger charge is -2.15. The molecule has 0 amide bonds. The van der Waals surface area contributed by atoms with E-state index >= 15 is 0 Å². The van der Waals surface area contributed by atoms with E-state index in [0.29, 0.717) is 22.6 Å². The van der Waals surface area contributed by atoms with E-state index in [9.17, 15) is 4.79 Å². The molecule has 0 atom stereocenters. The first kappa shape index (κ1) is 18.3. The molecule has 0 aliphatic heterocycles. The maximum Gasteiger partial charge on any atom is 0.267 e. The van der Waals surface area contributed by atoms with Crippen molar-refractivity contribution >= 4 is 28.9 Å². The Morgan fingerprint density at radius 1 is 1.14 bits per heavy atom. The summed E-state index contributed by atoms with van der Waals surface area (Å²) < 4.78 is 6.03. The van der Waals surface area contributed by atoms with Crippen LogP contribution in [-0.2, 0) is 6.67 Å². The summed E-state index contributed by atoms with van der Waals surface area (Å²) in [5.41, 5.74) is 2.55. The predicted molar refractivity (Wildman–Crippen MR) is 117 cm³/mol. The molecular weight excluding hydrogens is 382 g/mol. The monoisotopic (exact) mass is 405 g/mol. The number of hydrogen-bond acceptors (Lipinski definition) is 4. The highest BCUT2D eigenvalue weighted by molar-refractivity contribution is 7.71. The van der Waals surface area contributed by atoms with Gasteiger partial charge in [0.05, 0.1) is 23.3 Å². The van der Waals surface area contributed by atoms with Gasteiger partial charge in [-0.3, -0.25) is 14.1 Å². The van der Waals surface area contributed by atoms with Crippen LogP contribution in [0.1, 0.15) is 18.4 Å². The van der Waals surface area contributed by atoms with Crippen LogP contribution >= 0.6 is 12.2 Å². The number of benzene rings is 2.